The highest BCUT2D eigenvalue weighted by atomic mass is 127. The molecule has 2 rings (SSSR count). The molecule has 2 N–H and O–H groups in total. The summed E-state index contributed by atoms with van der Waals surface area (Å²) in [6.45, 7) is 2.95. The molecule has 0 bridgehead atoms. The van der Waals surface area contributed by atoms with E-state index in [0.29, 0.717) is 12.3 Å². The number of hydrogen-bond donors (Lipinski definition) is 2. The van der Waals surface area contributed by atoms with E-state index in [2.05, 4.69) is 26.6 Å². The van der Waals surface area contributed by atoms with Gasteiger partial charge in [0, 0.05) is 40.2 Å². The molecule has 1 saturated heterocycles. The first-order valence-electron chi connectivity index (χ1n) is 8.57. The smallest absolute Gasteiger partial charge is 0.220 e. The molecule has 0 aromatic rings. The van der Waals surface area contributed by atoms with Crippen LogP contribution in [-0.2, 0) is 4.79 Å². The number of guanidine groups is 1. The van der Waals surface area contributed by atoms with Gasteiger partial charge in [0.25, 0.3) is 0 Å². The van der Waals surface area contributed by atoms with Gasteiger partial charge in [-0.1, -0.05) is 11.6 Å². The van der Waals surface area contributed by atoms with E-state index < -0.39 is 0 Å². The summed E-state index contributed by atoms with van der Waals surface area (Å²) in [6.07, 6.45) is 10.2. The van der Waals surface area contributed by atoms with Crippen LogP contribution in [0.2, 0.25) is 0 Å². The number of nitrogens with one attached hydrogen (secondary N) is 2. The van der Waals surface area contributed by atoms with Gasteiger partial charge < -0.3 is 15.5 Å². The van der Waals surface area contributed by atoms with E-state index in [0.717, 1.165) is 44.9 Å². The third-order valence-corrected chi connectivity index (χ3v) is 4.74. The van der Waals surface area contributed by atoms with Gasteiger partial charge in [0.05, 0.1) is 0 Å². The number of amides is 1. The number of piperidine rings is 1. The number of carbonyl (C=O) groups excluding carboxylic acids is 1. The van der Waals surface area contributed by atoms with Crippen molar-refractivity contribution in [3.05, 3.63) is 11.6 Å². The number of rotatable bonds is 5. The highest BCUT2D eigenvalue weighted by Crippen LogP contribution is 2.21. The van der Waals surface area contributed by atoms with Gasteiger partial charge in [-0.15, -0.1) is 24.0 Å². The summed E-state index contributed by atoms with van der Waals surface area (Å²) in [5, 5.41) is 6.21. The molecule has 0 atom stereocenters. The molecule has 1 amide bonds. The van der Waals surface area contributed by atoms with Gasteiger partial charge >= 0.3 is 0 Å². The SMILES string of the molecule is CN=C(NCCC1=CCCC1)N1CCC(CC(=O)NC)CC1.I. The zero-order chi connectivity index (χ0) is 15.8. The molecular weight excluding hydrogens is 403 g/mol. The lowest BCUT2D eigenvalue weighted by Gasteiger charge is -2.34. The maximum atomic E-state index is 11.5. The van der Waals surface area contributed by atoms with Gasteiger partial charge in [-0.3, -0.25) is 9.79 Å². The molecule has 0 spiro atoms. The Kier molecular flexibility index (Phi) is 9.59. The fourth-order valence-electron chi connectivity index (χ4n) is 3.34. The summed E-state index contributed by atoms with van der Waals surface area (Å²) in [5.41, 5.74) is 1.59. The molecule has 132 valence electrons. The molecule has 0 aromatic heterocycles. The van der Waals surface area contributed by atoms with Crippen LogP contribution in [0.4, 0.5) is 0 Å². The number of carbonyl (C=O) groups is 1. The van der Waals surface area contributed by atoms with Crippen molar-refractivity contribution in [2.24, 2.45) is 10.9 Å². The number of allylic oxidation sites excluding steroid dienone is 1. The van der Waals surface area contributed by atoms with E-state index in [-0.39, 0.29) is 29.9 Å². The van der Waals surface area contributed by atoms with E-state index in [1.165, 1.54) is 19.3 Å². The minimum Gasteiger partial charge on any atom is -0.359 e. The Morgan fingerprint density at radius 1 is 1.39 bits per heavy atom. The topological polar surface area (TPSA) is 56.7 Å². The quantitative estimate of drug-likeness (QED) is 0.303. The summed E-state index contributed by atoms with van der Waals surface area (Å²) in [7, 11) is 3.57. The molecule has 0 radical (unpaired) electrons. The first-order valence-corrected chi connectivity index (χ1v) is 8.57. The van der Waals surface area contributed by atoms with Crippen LogP contribution in [0.15, 0.2) is 16.6 Å². The minimum absolute atomic E-state index is 0. The Hall–Kier alpha value is -0.790. The molecule has 1 aliphatic heterocycles. The van der Waals surface area contributed by atoms with Gasteiger partial charge in [0.15, 0.2) is 5.96 Å². The van der Waals surface area contributed by atoms with Gasteiger partial charge in [-0.05, 0) is 44.4 Å². The Morgan fingerprint density at radius 3 is 2.70 bits per heavy atom. The lowest BCUT2D eigenvalue weighted by Crippen LogP contribution is -2.46. The van der Waals surface area contributed by atoms with E-state index in [1.807, 2.05) is 7.05 Å². The molecule has 1 heterocycles. The van der Waals surface area contributed by atoms with Gasteiger partial charge in [0.2, 0.25) is 5.91 Å². The van der Waals surface area contributed by atoms with E-state index in [4.69, 9.17) is 0 Å². The van der Waals surface area contributed by atoms with E-state index >= 15 is 0 Å². The number of aliphatic imine (C=N–C) groups is 1. The predicted molar refractivity (Wildman–Crippen MR) is 106 cm³/mol. The maximum Gasteiger partial charge on any atom is 0.220 e. The molecule has 0 aromatic carbocycles. The van der Waals surface area contributed by atoms with Crippen molar-refractivity contribution >= 4 is 35.8 Å². The van der Waals surface area contributed by atoms with Crippen molar-refractivity contribution in [3.63, 3.8) is 0 Å². The lowest BCUT2D eigenvalue weighted by molar-refractivity contribution is -0.121. The molecule has 0 saturated carbocycles. The second kappa shape index (κ2) is 10.9. The van der Waals surface area contributed by atoms with Crippen LogP contribution in [0, 0.1) is 5.92 Å². The normalized spacial score (nSPS) is 19.1. The molecule has 1 fully saturated rings. The number of nitrogens with zero attached hydrogens (tertiary/aromatic N) is 2. The van der Waals surface area contributed by atoms with E-state index in [1.54, 1.807) is 12.6 Å². The number of halogens is 1. The molecular formula is C17H31IN4O. The van der Waals surface area contributed by atoms with E-state index in [9.17, 15) is 4.79 Å². The van der Waals surface area contributed by atoms with Crippen LogP contribution in [0.25, 0.3) is 0 Å². The molecule has 6 heteroatoms. The molecule has 1 aliphatic carbocycles. The zero-order valence-corrected chi connectivity index (χ0v) is 16.8. The lowest BCUT2D eigenvalue weighted by atomic mass is 9.93. The van der Waals surface area contributed by atoms with Crippen LogP contribution in [0.1, 0.15) is 44.9 Å². The van der Waals surface area contributed by atoms with Crippen molar-refractivity contribution in [2.45, 2.75) is 44.9 Å². The summed E-state index contributed by atoms with van der Waals surface area (Å²) >= 11 is 0. The monoisotopic (exact) mass is 434 g/mol. The summed E-state index contributed by atoms with van der Waals surface area (Å²) in [4.78, 5) is 18.2. The van der Waals surface area contributed by atoms with Gasteiger partial charge in [-0.2, -0.15) is 0 Å². The summed E-state index contributed by atoms with van der Waals surface area (Å²) < 4.78 is 0. The first kappa shape index (κ1) is 20.3. The van der Waals surface area contributed by atoms with Crippen LogP contribution < -0.4 is 10.6 Å². The third-order valence-electron chi connectivity index (χ3n) is 4.74. The standard InChI is InChI=1S/C17H30N4O.HI/c1-18-16(22)13-15-8-11-21(12-9-15)17(19-2)20-10-7-14-5-3-4-6-14;/h5,15H,3-4,6-13H2,1-2H3,(H,18,22)(H,19,20);1H. The second-order valence-electron chi connectivity index (χ2n) is 6.29. The third kappa shape index (κ3) is 6.69. The maximum absolute atomic E-state index is 11.5. The van der Waals surface area contributed by atoms with Crippen molar-refractivity contribution in [1.82, 2.24) is 15.5 Å². The minimum atomic E-state index is 0. The molecule has 0 unspecified atom stereocenters. The van der Waals surface area contributed by atoms with Crippen LogP contribution in [0.5, 0.6) is 0 Å². The van der Waals surface area contributed by atoms with Crippen molar-refractivity contribution < 1.29 is 4.79 Å². The number of hydrogen-bond acceptors (Lipinski definition) is 2. The molecule has 5 nitrogen and oxygen atoms in total. The fraction of sp³-hybridized carbons (Fsp3) is 0.765. The van der Waals surface area contributed by atoms with Crippen molar-refractivity contribution in [3.8, 4) is 0 Å². The first-order chi connectivity index (χ1) is 10.7. The average Bonchev–Trinajstić information content (AvgIpc) is 3.06. The summed E-state index contributed by atoms with van der Waals surface area (Å²) in [6, 6.07) is 0. The predicted octanol–water partition coefficient (Wildman–Crippen LogP) is 2.53. The Labute approximate surface area is 157 Å². The van der Waals surface area contributed by atoms with Crippen molar-refractivity contribution in [2.75, 3.05) is 33.7 Å². The molecule has 23 heavy (non-hydrogen) atoms. The zero-order valence-electron chi connectivity index (χ0n) is 14.4. The molecule has 2 aliphatic rings. The Morgan fingerprint density at radius 2 is 2.13 bits per heavy atom. The van der Waals surface area contributed by atoms with Crippen LogP contribution in [0.3, 0.4) is 0 Å². The van der Waals surface area contributed by atoms with Gasteiger partial charge in [-0.25, -0.2) is 0 Å². The Bertz CT molecular complexity index is 428. The highest BCUT2D eigenvalue weighted by Gasteiger charge is 2.22. The van der Waals surface area contributed by atoms with Gasteiger partial charge in [0.1, 0.15) is 0 Å². The van der Waals surface area contributed by atoms with Crippen molar-refractivity contribution in [1.29, 1.82) is 0 Å². The average molecular weight is 434 g/mol. The Balaban J connectivity index is 0.00000264. The highest BCUT2D eigenvalue weighted by molar-refractivity contribution is 14.0. The second-order valence-corrected chi connectivity index (χ2v) is 6.29. The van der Waals surface area contributed by atoms with Crippen LogP contribution >= 0.6 is 24.0 Å². The largest absolute Gasteiger partial charge is 0.359 e. The fourth-order valence-corrected chi connectivity index (χ4v) is 3.34. The summed E-state index contributed by atoms with van der Waals surface area (Å²) in [5.74, 6) is 1.68. The number of likely N-dealkylation sites (tertiary alicyclic amines) is 1. The van der Waals surface area contributed by atoms with Crippen LogP contribution in [-0.4, -0.2) is 50.5 Å².